The lowest BCUT2D eigenvalue weighted by Gasteiger charge is -2.30. The van der Waals surface area contributed by atoms with E-state index in [0.29, 0.717) is 18.8 Å². The van der Waals surface area contributed by atoms with E-state index in [-0.39, 0.29) is 5.41 Å². The molecule has 3 nitrogen and oxygen atoms in total. The first kappa shape index (κ1) is 13.5. The van der Waals surface area contributed by atoms with Crippen LogP contribution in [0.3, 0.4) is 0 Å². The van der Waals surface area contributed by atoms with Gasteiger partial charge in [0.15, 0.2) is 5.60 Å². The van der Waals surface area contributed by atoms with E-state index in [9.17, 15) is 9.90 Å². The van der Waals surface area contributed by atoms with Gasteiger partial charge in [0.25, 0.3) is 0 Å². The SMILES string of the molecule is COC(=O)C1(O)CCCC(C(C)(C)C)CC1. The van der Waals surface area contributed by atoms with Crippen LogP contribution in [0.25, 0.3) is 0 Å². The Balaban J connectivity index is 2.69. The molecule has 1 rings (SSSR count). The normalized spacial score (nSPS) is 31.9. The van der Waals surface area contributed by atoms with Gasteiger partial charge in [0, 0.05) is 0 Å². The van der Waals surface area contributed by atoms with Gasteiger partial charge in [0.05, 0.1) is 7.11 Å². The average molecular weight is 228 g/mol. The topological polar surface area (TPSA) is 46.5 Å². The van der Waals surface area contributed by atoms with Crippen molar-refractivity contribution in [3.05, 3.63) is 0 Å². The third kappa shape index (κ3) is 2.97. The van der Waals surface area contributed by atoms with Gasteiger partial charge in [-0.15, -0.1) is 0 Å². The number of aliphatic hydroxyl groups is 1. The van der Waals surface area contributed by atoms with Gasteiger partial charge in [-0.25, -0.2) is 4.79 Å². The summed E-state index contributed by atoms with van der Waals surface area (Å²) in [6, 6.07) is 0. The van der Waals surface area contributed by atoms with Gasteiger partial charge in [0.2, 0.25) is 0 Å². The number of ether oxygens (including phenoxy) is 1. The summed E-state index contributed by atoms with van der Waals surface area (Å²) in [6.07, 6.45) is 3.94. The van der Waals surface area contributed by atoms with Gasteiger partial charge in [-0.1, -0.05) is 20.8 Å². The Bertz CT molecular complexity index is 254. The number of rotatable bonds is 1. The summed E-state index contributed by atoms with van der Waals surface area (Å²) in [5.74, 6) is 0.105. The van der Waals surface area contributed by atoms with E-state index in [1.54, 1.807) is 0 Å². The molecule has 0 radical (unpaired) electrons. The summed E-state index contributed by atoms with van der Waals surface area (Å²) >= 11 is 0. The number of hydrogen-bond donors (Lipinski definition) is 1. The van der Waals surface area contributed by atoms with Crippen LogP contribution in [-0.4, -0.2) is 23.8 Å². The maximum absolute atomic E-state index is 11.5. The molecule has 94 valence electrons. The monoisotopic (exact) mass is 228 g/mol. The molecule has 1 aliphatic carbocycles. The molecule has 0 amide bonds. The van der Waals surface area contributed by atoms with Crippen LogP contribution >= 0.6 is 0 Å². The van der Waals surface area contributed by atoms with Crippen molar-refractivity contribution in [2.75, 3.05) is 7.11 Å². The van der Waals surface area contributed by atoms with E-state index in [4.69, 9.17) is 0 Å². The predicted octanol–water partition coefficient (Wildman–Crippen LogP) is 2.52. The molecule has 0 bridgehead atoms. The van der Waals surface area contributed by atoms with E-state index in [1.165, 1.54) is 7.11 Å². The number of carbonyl (C=O) groups is 1. The largest absolute Gasteiger partial charge is 0.467 e. The molecule has 0 saturated heterocycles. The first-order valence-electron chi connectivity index (χ1n) is 6.10. The van der Waals surface area contributed by atoms with Gasteiger partial charge < -0.3 is 9.84 Å². The fraction of sp³-hybridized carbons (Fsp3) is 0.923. The van der Waals surface area contributed by atoms with Crippen molar-refractivity contribution in [2.24, 2.45) is 11.3 Å². The van der Waals surface area contributed by atoms with Crippen molar-refractivity contribution in [1.29, 1.82) is 0 Å². The summed E-state index contributed by atoms with van der Waals surface area (Å²) in [6.45, 7) is 6.67. The van der Waals surface area contributed by atoms with E-state index >= 15 is 0 Å². The van der Waals surface area contributed by atoms with Crippen LogP contribution < -0.4 is 0 Å². The van der Waals surface area contributed by atoms with Gasteiger partial charge in [-0.3, -0.25) is 0 Å². The minimum Gasteiger partial charge on any atom is -0.467 e. The third-order valence-electron chi connectivity index (χ3n) is 3.84. The van der Waals surface area contributed by atoms with Crippen molar-refractivity contribution >= 4 is 5.97 Å². The first-order chi connectivity index (χ1) is 7.29. The number of hydrogen-bond acceptors (Lipinski definition) is 3. The maximum atomic E-state index is 11.5. The molecule has 1 fully saturated rings. The number of carbonyl (C=O) groups excluding carboxylic acids is 1. The Morgan fingerprint density at radius 3 is 2.44 bits per heavy atom. The lowest BCUT2D eigenvalue weighted by Crippen LogP contribution is -2.39. The highest BCUT2D eigenvalue weighted by Gasteiger charge is 2.40. The smallest absolute Gasteiger partial charge is 0.337 e. The second-order valence-corrected chi connectivity index (χ2v) is 6.02. The van der Waals surface area contributed by atoms with Gasteiger partial charge in [-0.05, 0) is 43.4 Å². The molecule has 1 aliphatic rings. The molecule has 2 atom stereocenters. The molecule has 0 spiro atoms. The lowest BCUT2D eigenvalue weighted by molar-refractivity contribution is -0.163. The predicted molar refractivity (Wildman–Crippen MR) is 63.0 cm³/mol. The van der Waals surface area contributed by atoms with E-state index in [0.717, 1.165) is 19.3 Å². The molecule has 2 unspecified atom stereocenters. The highest BCUT2D eigenvalue weighted by molar-refractivity contribution is 5.79. The van der Waals surface area contributed by atoms with Gasteiger partial charge in [0.1, 0.15) is 0 Å². The minimum atomic E-state index is -1.24. The van der Waals surface area contributed by atoms with Crippen LogP contribution in [-0.2, 0) is 9.53 Å². The summed E-state index contributed by atoms with van der Waals surface area (Å²) in [5, 5.41) is 10.2. The number of methoxy groups -OCH3 is 1. The van der Waals surface area contributed by atoms with Crippen LogP contribution in [0.2, 0.25) is 0 Å². The Morgan fingerprint density at radius 1 is 1.31 bits per heavy atom. The Morgan fingerprint density at radius 2 is 1.94 bits per heavy atom. The Labute approximate surface area is 98.2 Å². The second-order valence-electron chi connectivity index (χ2n) is 6.02. The zero-order valence-electron chi connectivity index (χ0n) is 10.9. The van der Waals surface area contributed by atoms with Crippen molar-refractivity contribution in [2.45, 2.75) is 58.5 Å². The van der Waals surface area contributed by atoms with Crippen molar-refractivity contribution in [3.63, 3.8) is 0 Å². The van der Waals surface area contributed by atoms with E-state index < -0.39 is 11.6 Å². The molecule has 0 aliphatic heterocycles. The first-order valence-corrected chi connectivity index (χ1v) is 6.10. The third-order valence-corrected chi connectivity index (χ3v) is 3.84. The molecule has 0 aromatic rings. The fourth-order valence-corrected chi connectivity index (χ4v) is 2.58. The van der Waals surface area contributed by atoms with Gasteiger partial charge in [-0.2, -0.15) is 0 Å². The zero-order chi connectivity index (χ0) is 12.4. The summed E-state index contributed by atoms with van der Waals surface area (Å²) in [5.41, 5.74) is -0.990. The standard InChI is InChI=1S/C13H24O3/c1-12(2,3)10-6-5-8-13(15,9-7-10)11(14)16-4/h10,15H,5-9H2,1-4H3. The van der Waals surface area contributed by atoms with Crippen LogP contribution in [0.15, 0.2) is 0 Å². The van der Waals surface area contributed by atoms with E-state index in [1.807, 2.05) is 0 Å². The maximum Gasteiger partial charge on any atom is 0.337 e. The average Bonchev–Trinajstić information content (AvgIpc) is 2.39. The van der Waals surface area contributed by atoms with E-state index in [2.05, 4.69) is 25.5 Å². The van der Waals surface area contributed by atoms with Crippen LogP contribution in [0.5, 0.6) is 0 Å². The zero-order valence-corrected chi connectivity index (χ0v) is 10.9. The molecule has 3 heteroatoms. The quantitative estimate of drug-likeness (QED) is 0.554. The summed E-state index contributed by atoms with van der Waals surface area (Å²) < 4.78 is 4.68. The minimum absolute atomic E-state index is 0.251. The second kappa shape index (κ2) is 4.74. The number of esters is 1. The molecule has 1 N–H and O–H groups in total. The van der Waals surface area contributed by atoms with Crippen molar-refractivity contribution in [1.82, 2.24) is 0 Å². The molecule has 0 aromatic heterocycles. The van der Waals surface area contributed by atoms with Crippen LogP contribution in [0.4, 0.5) is 0 Å². The summed E-state index contributed by atoms with van der Waals surface area (Å²) in [7, 11) is 1.34. The molecular formula is C13H24O3. The molecule has 0 aromatic carbocycles. The van der Waals surface area contributed by atoms with Crippen molar-refractivity contribution < 1.29 is 14.6 Å². The highest BCUT2D eigenvalue weighted by atomic mass is 16.5. The molecular weight excluding hydrogens is 204 g/mol. The Kier molecular flexibility index (Phi) is 4.00. The van der Waals surface area contributed by atoms with Crippen molar-refractivity contribution in [3.8, 4) is 0 Å². The van der Waals surface area contributed by atoms with Gasteiger partial charge >= 0.3 is 5.97 Å². The fourth-order valence-electron chi connectivity index (χ4n) is 2.58. The molecule has 16 heavy (non-hydrogen) atoms. The highest BCUT2D eigenvalue weighted by Crippen LogP contribution is 2.39. The lowest BCUT2D eigenvalue weighted by atomic mass is 9.76. The summed E-state index contributed by atoms with van der Waals surface area (Å²) in [4.78, 5) is 11.5. The van der Waals surface area contributed by atoms with Crippen LogP contribution in [0.1, 0.15) is 52.9 Å². The molecule has 1 saturated carbocycles. The molecule has 0 heterocycles. The Hall–Kier alpha value is -0.570. The van der Waals surface area contributed by atoms with Crippen LogP contribution in [0, 0.1) is 11.3 Å².